The molecule has 0 saturated carbocycles. The van der Waals surface area contributed by atoms with E-state index in [9.17, 15) is 13.2 Å². The average Bonchev–Trinajstić information content (AvgIpc) is 1.83. The number of hydrogen-bond acceptors (Lipinski definition) is 2. The van der Waals surface area contributed by atoms with Crippen LogP contribution in [0, 0.1) is 0 Å². The van der Waals surface area contributed by atoms with Crippen molar-refractivity contribution in [1.82, 2.24) is 9.80 Å². The molecule has 12 heavy (non-hydrogen) atoms. The van der Waals surface area contributed by atoms with Crippen molar-refractivity contribution in [3.8, 4) is 0 Å². The van der Waals surface area contributed by atoms with Crippen molar-refractivity contribution in [2.24, 2.45) is 0 Å². The van der Waals surface area contributed by atoms with Crippen molar-refractivity contribution in [1.29, 1.82) is 0 Å². The Labute approximate surface area is 70.9 Å². The van der Waals surface area contributed by atoms with Gasteiger partial charge in [0.15, 0.2) is 6.17 Å². The lowest BCUT2D eigenvalue weighted by Crippen LogP contribution is -2.52. The van der Waals surface area contributed by atoms with Gasteiger partial charge in [-0.25, -0.2) is 0 Å². The molecule has 0 aromatic rings. The number of rotatable bonds is 3. The van der Waals surface area contributed by atoms with Crippen LogP contribution in [0.15, 0.2) is 0 Å². The fourth-order valence-electron chi connectivity index (χ4n) is 1.11. The molecule has 0 amide bonds. The van der Waals surface area contributed by atoms with E-state index >= 15 is 0 Å². The van der Waals surface area contributed by atoms with Crippen molar-refractivity contribution < 1.29 is 13.2 Å². The number of halogens is 3. The highest BCUT2D eigenvalue weighted by Gasteiger charge is 2.43. The van der Waals surface area contributed by atoms with Crippen LogP contribution >= 0.6 is 0 Å². The van der Waals surface area contributed by atoms with Gasteiger partial charge in [0.2, 0.25) is 0 Å². The molecule has 1 atom stereocenters. The Morgan fingerprint density at radius 2 is 1.58 bits per heavy atom. The quantitative estimate of drug-likeness (QED) is 0.611. The molecular formula is C7H15F3N2. The molecule has 0 fully saturated rings. The van der Waals surface area contributed by atoms with Gasteiger partial charge in [0.1, 0.15) is 0 Å². The van der Waals surface area contributed by atoms with Crippen LogP contribution in [0.5, 0.6) is 0 Å². The summed E-state index contributed by atoms with van der Waals surface area (Å²) in [6, 6.07) is 0. The Hall–Kier alpha value is -0.290. The first-order chi connectivity index (χ1) is 5.30. The molecule has 0 N–H and O–H groups in total. The molecule has 0 aliphatic heterocycles. The monoisotopic (exact) mass is 184 g/mol. The Balaban J connectivity index is 4.44. The Kier molecular flexibility index (Phi) is 3.99. The Morgan fingerprint density at radius 1 is 1.17 bits per heavy atom. The zero-order chi connectivity index (χ0) is 9.94. The fraction of sp³-hybridized carbons (Fsp3) is 1.00. The molecule has 0 heterocycles. The smallest absolute Gasteiger partial charge is 0.286 e. The highest BCUT2D eigenvalue weighted by Crippen LogP contribution is 2.24. The normalized spacial score (nSPS) is 15.8. The first kappa shape index (κ1) is 11.7. The van der Waals surface area contributed by atoms with Crippen LogP contribution in [-0.2, 0) is 0 Å². The van der Waals surface area contributed by atoms with E-state index in [4.69, 9.17) is 0 Å². The van der Waals surface area contributed by atoms with Gasteiger partial charge in [0.05, 0.1) is 0 Å². The fourth-order valence-corrected chi connectivity index (χ4v) is 1.11. The molecule has 0 bridgehead atoms. The third-order valence-corrected chi connectivity index (χ3v) is 1.70. The SMILES string of the molecule is CCN(C)C(N(C)C)C(F)(F)F. The van der Waals surface area contributed by atoms with Crippen molar-refractivity contribution in [2.45, 2.75) is 19.3 Å². The minimum absolute atomic E-state index is 0.377. The van der Waals surface area contributed by atoms with Crippen LogP contribution in [0.3, 0.4) is 0 Å². The maximum absolute atomic E-state index is 12.3. The van der Waals surface area contributed by atoms with Gasteiger partial charge in [-0.2, -0.15) is 13.2 Å². The Morgan fingerprint density at radius 3 is 1.67 bits per heavy atom. The van der Waals surface area contributed by atoms with Crippen LogP contribution in [0.2, 0.25) is 0 Å². The Bertz CT molecular complexity index is 133. The lowest BCUT2D eigenvalue weighted by Gasteiger charge is -2.33. The number of hydrogen-bond donors (Lipinski definition) is 0. The minimum Gasteiger partial charge on any atom is -0.286 e. The summed E-state index contributed by atoms with van der Waals surface area (Å²) in [6.45, 7) is 2.07. The van der Waals surface area contributed by atoms with E-state index in [0.29, 0.717) is 6.54 Å². The molecule has 2 nitrogen and oxygen atoms in total. The molecule has 0 rings (SSSR count). The molecule has 0 aromatic carbocycles. The molecule has 0 saturated heterocycles. The zero-order valence-corrected chi connectivity index (χ0v) is 7.81. The van der Waals surface area contributed by atoms with Gasteiger partial charge < -0.3 is 0 Å². The van der Waals surface area contributed by atoms with Crippen LogP contribution in [-0.4, -0.2) is 49.8 Å². The second-order valence-corrected chi connectivity index (χ2v) is 2.95. The predicted molar refractivity (Wildman–Crippen MR) is 41.8 cm³/mol. The van der Waals surface area contributed by atoms with Gasteiger partial charge >= 0.3 is 6.18 Å². The second-order valence-electron chi connectivity index (χ2n) is 2.95. The molecule has 0 spiro atoms. The van der Waals surface area contributed by atoms with E-state index < -0.39 is 12.3 Å². The molecule has 1 unspecified atom stereocenters. The summed E-state index contributed by atoms with van der Waals surface area (Å²) in [6.07, 6.45) is -5.67. The molecule has 0 aliphatic rings. The molecule has 0 aromatic heterocycles. The predicted octanol–water partition coefficient (Wildman–Crippen LogP) is 1.39. The summed E-state index contributed by atoms with van der Waals surface area (Å²) in [7, 11) is 4.30. The van der Waals surface area contributed by atoms with Crippen LogP contribution < -0.4 is 0 Å². The highest BCUT2D eigenvalue weighted by molar-refractivity contribution is 4.72. The van der Waals surface area contributed by atoms with Gasteiger partial charge in [-0.1, -0.05) is 6.92 Å². The van der Waals surface area contributed by atoms with E-state index in [1.807, 2.05) is 0 Å². The summed E-state index contributed by atoms with van der Waals surface area (Å²) < 4.78 is 37.0. The van der Waals surface area contributed by atoms with Crippen LogP contribution in [0.25, 0.3) is 0 Å². The summed E-state index contributed by atoms with van der Waals surface area (Å²) in [5, 5.41) is 0. The van der Waals surface area contributed by atoms with Crippen molar-refractivity contribution in [3.05, 3.63) is 0 Å². The van der Waals surface area contributed by atoms with Crippen molar-refractivity contribution >= 4 is 0 Å². The van der Waals surface area contributed by atoms with Crippen molar-refractivity contribution in [3.63, 3.8) is 0 Å². The number of alkyl halides is 3. The summed E-state index contributed by atoms with van der Waals surface area (Å²) in [4.78, 5) is 2.41. The van der Waals surface area contributed by atoms with E-state index in [0.717, 1.165) is 4.90 Å². The van der Waals surface area contributed by atoms with Gasteiger partial charge in [-0.05, 0) is 27.7 Å². The number of nitrogens with zero attached hydrogens (tertiary/aromatic N) is 2. The van der Waals surface area contributed by atoms with Crippen LogP contribution in [0.4, 0.5) is 13.2 Å². The largest absolute Gasteiger partial charge is 0.417 e. The first-order valence-corrected chi connectivity index (χ1v) is 3.74. The zero-order valence-electron chi connectivity index (χ0n) is 7.81. The molecule has 74 valence electrons. The molecule has 5 heteroatoms. The lowest BCUT2D eigenvalue weighted by molar-refractivity contribution is -0.214. The molecule has 0 radical (unpaired) electrons. The third-order valence-electron chi connectivity index (χ3n) is 1.70. The second kappa shape index (κ2) is 4.09. The van der Waals surface area contributed by atoms with Gasteiger partial charge in [0, 0.05) is 0 Å². The van der Waals surface area contributed by atoms with E-state index in [1.54, 1.807) is 6.92 Å². The van der Waals surface area contributed by atoms with Crippen molar-refractivity contribution in [2.75, 3.05) is 27.7 Å². The average molecular weight is 184 g/mol. The van der Waals surface area contributed by atoms with E-state index in [2.05, 4.69) is 0 Å². The maximum atomic E-state index is 12.3. The summed E-state index contributed by atoms with van der Waals surface area (Å²) in [5.41, 5.74) is 0. The maximum Gasteiger partial charge on any atom is 0.417 e. The van der Waals surface area contributed by atoms with E-state index in [-0.39, 0.29) is 0 Å². The lowest BCUT2D eigenvalue weighted by atomic mass is 10.4. The molecule has 0 aliphatic carbocycles. The van der Waals surface area contributed by atoms with Gasteiger partial charge in [-0.15, -0.1) is 0 Å². The standard InChI is InChI=1S/C7H15F3N2/c1-5-12(4)6(11(2)3)7(8,9)10/h6H,5H2,1-4H3. The summed E-state index contributed by atoms with van der Waals surface area (Å²) >= 11 is 0. The topological polar surface area (TPSA) is 6.48 Å². The van der Waals surface area contributed by atoms with Gasteiger partial charge in [-0.3, -0.25) is 9.80 Å². The molecular weight excluding hydrogens is 169 g/mol. The third kappa shape index (κ3) is 2.98. The summed E-state index contributed by atoms with van der Waals surface area (Å²) in [5.74, 6) is 0. The minimum atomic E-state index is -4.19. The van der Waals surface area contributed by atoms with Crippen LogP contribution in [0.1, 0.15) is 6.92 Å². The highest BCUT2D eigenvalue weighted by atomic mass is 19.4. The van der Waals surface area contributed by atoms with Gasteiger partial charge in [0.25, 0.3) is 0 Å². The van der Waals surface area contributed by atoms with E-state index in [1.165, 1.54) is 26.0 Å². The first-order valence-electron chi connectivity index (χ1n) is 3.74.